The molecule has 3 nitrogen and oxygen atoms in total. The highest BCUT2D eigenvalue weighted by Crippen LogP contribution is 2.14. The third kappa shape index (κ3) is 5.97. The van der Waals surface area contributed by atoms with Crippen LogP contribution < -0.4 is 10.5 Å². The van der Waals surface area contributed by atoms with Gasteiger partial charge in [0.1, 0.15) is 5.75 Å². The lowest BCUT2D eigenvalue weighted by Gasteiger charge is -2.09. The second-order valence-corrected chi connectivity index (χ2v) is 5.29. The summed E-state index contributed by atoms with van der Waals surface area (Å²) in [4.78, 5) is 0. The number of thioether (sulfide) groups is 1. The molecular formula is C14H19NO2S. The Morgan fingerprint density at radius 2 is 2.33 bits per heavy atom. The van der Waals surface area contributed by atoms with Gasteiger partial charge >= 0.3 is 0 Å². The number of aliphatic hydroxyl groups excluding tert-OH is 1. The first kappa shape index (κ1) is 14.9. The van der Waals surface area contributed by atoms with E-state index in [4.69, 9.17) is 15.6 Å². The average molecular weight is 265 g/mol. The lowest BCUT2D eigenvalue weighted by atomic mass is 10.2. The molecule has 4 heteroatoms. The monoisotopic (exact) mass is 265 g/mol. The fraction of sp³-hybridized carbons (Fsp3) is 0.429. The molecule has 0 radical (unpaired) electrons. The van der Waals surface area contributed by atoms with Crippen LogP contribution in [0.5, 0.6) is 5.75 Å². The smallest absolute Gasteiger partial charge is 0.120 e. The van der Waals surface area contributed by atoms with Crippen LogP contribution in [0.1, 0.15) is 12.5 Å². The summed E-state index contributed by atoms with van der Waals surface area (Å²) in [5, 5.41) is 9.14. The van der Waals surface area contributed by atoms with Gasteiger partial charge in [-0.1, -0.05) is 24.8 Å². The Bertz CT molecular complexity index is 412. The second-order valence-electron chi connectivity index (χ2n) is 3.75. The zero-order valence-corrected chi connectivity index (χ0v) is 11.4. The molecule has 1 atom stereocenters. The second kappa shape index (κ2) is 8.87. The van der Waals surface area contributed by atoms with Crippen molar-refractivity contribution in [1.82, 2.24) is 0 Å². The summed E-state index contributed by atoms with van der Waals surface area (Å²) < 4.78 is 5.62. The van der Waals surface area contributed by atoms with Gasteiger partial charge in [-0.3, -0.25) is 0 Å². The Balaban J connectivity index is 2.38. The van der Waals surface area contributed by atoms with Crippen LogP contribution in [0.2, 0.25) is 0 Å². The zero-order chi connectivity index (χ0) is 13.2. The van der Waals surface area contributed by atoms with Crippen LogP contribution in [-0.2, 0) is 0 Å². The predicted molar refractivity (Wildman–Crippen MR) is 76.9 cm³/mol. The summed E-state index contributed by atoms with van der Waals surface area (Å²) in [6.07, 6.45) is 0. The number of ether oxygens (including phenoxy) is 1. The van der Waals surface area contributed by atoms with E-state index < -0.39 is 0 Å². The molecule has 1 rings (SSSR count). The Morgan fingerprint density at radius 1 is 1.50 bits per heavy atom. The number of nitrogens with two attached hydrogens (primary N) is 1. The van der Waals surface area contributed by atoms with E-state index in [1.54, 1.807) is 11.8 Å². The van der Waals surface area contributed by atoms with Gasteiger partial charge in [0.2, 0.25) is 0 Å². The molecule has 0 aliphatic rings. The highest BCUT2D eigenvalue weighted by Gasteiger charge is 2.00. The molecule has 1 unspecified atom stereocenters. The van der Waals surface area contributed by atoms with Crippen LogP contribution >= 0.6 is 11.8 Å². The van der Waals surface area contributed by atoms with Gasteiger partial charge in [0, 0.05) is 16.6 Å². The number of rotatable bonds is 6. The molecular weight excluding hydrogens is 246 g/mol. The van der Waals surface area contributed by atoms with Gasteiger partial charge in [-0.25, -0.2) is 0 Å². The van der Waals surface area contributed by atoms with E-state index >= 15 is 0 Å². The summed E-state index contributed by atoms with van der Waals surface area (Å²) in [6, 6.07) is 7.66. The molecule has 0 fully saturated rings. The largest absolute Gasteiger partial charge is 0.493 e. The number of aliphatic hydroxyl groups is 1. The highest BCUT2D eigenvalue weighted by molar-refractivity contribution is 7.99. The van der Waals surface area contributed by atoms with Crippen molar-refractivity contribution < 1.29 is 9.84 Å². The summed E-state index contributed by atoms with van der Waals surface area (Å²) in [5.41, 5.74) is 6.24. The first-order chi connectivity index (χ1) is 8.76. The summed E-state index contributed by atoms with van der Waals surface area (Å²) in [5.74, 6) is 7.46. The van der Waals surface area contributed by atoms with Crippen molar-refractivity contribution in [3.05, 3.63) is 29.8 Å². The van der Waals surface area contributed by atoms with Gasteiger partial charge < -0.3 is 15.6 Å². The third-order valence-electron chi connectivity index (χ3n) is 2.18. The molecule has 0 aliphatic heterocycles. The fourth-order valence-corrected chi connectivity index (χ4v) is 1.97. The van der Waals surface area contributed by atoms with Crippen LogP contribution in [0.3, 0.4) is 0 Å². The topological polar surface area (TPSA) is 55.5 Å². The van der Waals surface area contributed by atoms with Gasteiger partial charge in [-0.2, -0.15) is 11.8 Å². The van der Waals surface area contributed by atoms with Crippen molar-refractivity contribution in [2.24, 2.45) is 5.73 Å². The quantitative estimate of drug-likeness (QED) is 0.604. The Labute approximate surface area is 113 Å². The van der Waals surface area contributed by atoms with Crippen LogP contribution in [-0.4, -0.2) is 35.9 Å². The van der Waals surface area contributed by atoms with Crippen LogP contribution in [0, 0.1) is 11.8 Å². The van der Waals surface area contributed by atoms with E-state index in [-0.39, 0.29) is 11.9 Å². The lowest BCUT2D eigenvalue weighted by molar-refractivity contribution is 0.299. The minimum atomic E-state index is 0.203. The average Bonchev–Trinajstić information content (AvgIpc) is 2.41. The molecule has 18 heavy (non-hydrogen) atoms. The molecule has 0 saturated carbocycles. The normalized spacial score (nSPS) is 11.5. The minimum absolute atomic E-state index is 0.203. The number of benzene rings is 1. The first-order valence-electron chi connectivity index (χ1n) is 5.90. The standard InChI is InChI=1S/C14H19NO2S/c1-12(11-16)18-9-8-17-14-6-2-4-13(10-14)5-3-7-15/h2,4,6,10,12,16H,7-9,11,15H2,1H3. The van der Waals surface area contributed by atoms with Crippen molar-refractivity contribution in [3.8, 4) is 17.6 Å². The zero-order valence-electron chi connectivity index (χ0n) is 10.6. The maximum Gasteiger partial charge on any atom is 0.120 e. The predicted octanol–water partition coefficient (Wildman–Crippen LogP) is 1.49. The molecule has 0 aromatic heterocycles. The number of hydrogen-bond acceptors (Lipinski definition) is 4. The Kier molecular flexibility index (Phi) is 7.35. The lowest BCUT2D eigenvalue weighted by Crippen LogP contribution is -2.07. The SMILES string of the molecule is CC(CO)SCCOc1cccc(C#CCN)c1. The first-order valence-corrected chi connectivity index (χ1v) is 6.95. The molecule has 0 bridgehead atoms. The molecule has 1 aromatic rings. The van der Waals surface area contributed by atoms with E-state index in [0.717, 1.165) is 17.1 Å². The number of hydrogen-bond donors (Lipinski definition) is 2. The summed E-state index contributed by atoms with van der Waals surface area (Å²) in [6.45, 7) is 3.19. The van der Waals surface area contributed by atoms with Crippen molar-refractivity contribution >= 4 is 11.8 Å². The van der Waals surface area contributed by atoms with Crippen molar-refractivity contribution in [3.63, 3.8) is 0 Å². The van der Waals surface area contributed by atoms with Crippen LogP contribution in [0.4, 0.5) is 0 Å². The molecule has 0 spiro atoms. The van der Waals surface area contributed by atoms with E-state index in [1.165, 1.54) is 0 Å². The van der Waals surface area contributed by atoms with E-state index in [9.17, 15) is 0 Å². The molecule has 0 heterocycles. The fourth-order valence-electron chi connectivity index (χ4n) is 1.28. The Hall–Kier alpha value is -1.15. The van der Waals surface area contributed by atoms with Crippen molar-refractivity contribution in [1.29, 1.82) is 0 Å². The van der Waals surface area contributed by atoms with Gasteiger partial charge in [0.15, 0.2) is 0 Å². The van der Waals surface area contributed by atoms with Crippen LogP contribution in [0.15, 0.2) is 24.3 Å². The van der Waals surface area contributed by atoms with Crippen LogP contribution in [0.25, 0.3) is 0 Å². The molecule has 0 aliphatic carbocycles. The third-order valence-corrected chi connectivity index (χ3v) is 3.30. The van der Waals surface area contributed by atoms with Gasteiger partial charge in [0.25, 0.3) is 0 Å². The van der Waals surface area contributed by atoms with Gasteiger partial charge in [-0.15, -0.1) is 0 Å². The highest BCUT2D eigenvalue weighted by atomic mass is 32.2. The van der Waals surface area contributed by atoms with Gasteiger partial charge in [-0.05, 0) is 18.2 Å². The van der Waals surface area contributed by atoms with Gasteiger partial charge in [0.05, 0.1) is 19.8 Å². The van der Waals surface area contributed by atoms with Crippen molar-refractivity contribution in [2.45, 2.75) is 12.2 Å². The molecule has 0 saturated heterocycles. The molecule has 1 aromatic carbocycles. The minimum Gasteiger partial charge on any atom is -0.493 e. The molecule has 0 amide bonds. The summed E-state index contributed by atoms with van der Waals surface area (Å²) in [7, 11) is 0. The summed E-state index contributed by atoms with van der Waals surface area (Å²) >= 11 is 1.69. The maximum atomic E-state index is 8.88. The van der Waals surface area contributed by atoms with E-state index in [2.05, 4.69) is 11.8 Å². The Morgan fingerprint density at radius 3 is 3.06 bits per heavy atom. The molecule has 3 N–H and O–H groups in total. The molecule has 98 valence electrons. The maximum absolute atomic E-state index is 8.88. The van der Waals surface area contributed by atoms with E-state index in [0.29, 0.717) is 13.2 Å². The van der Waals surface area contributed by atoms with Crippen molar-refractivity contribution in [2.75, 3.05) is 25.5 Å². The van der Waals surface area contributed by atoms with E-state index in [1.807, 2.05) is 31.2 Å².